The second-order valence-corrected chi connectivity index (χ2v) is 7.54. The predicted molar refractivity (Wildman–Crippen MR) is 87.9 cm³/mol. The van der Waals surface area contributed by atoms with E-state index in [1.165, 1.54) is 45.2 Å². The maximum absolute atomic E-state index is 6.27. The van der Waals surface area contributed by atoms with Crippen molar-refractivity contribution in [3.63, 3.8) is 0 Å². The summed E-state index contributed by atoms with van der Waals surface area (Å²) in [5, 5.41) is 7.71. The largest absolute Gasteiger partial charge is 0.470 e. The van der Waals surface area contributed by atoms with Crippen molar-refractivity contribution >= 4 is 5.90 Å². The van der Waals surface area contributed by atoms with Crippen LogP contribution in [0.1, 0.15) is 46.0 Å². The Hall–Kier alpha value is -0.810. The van der Waals surface area contributed by atoms with Gasteiger partial charge in [0.05, 0.1) is 0 Å². The topological polar surface area (TPSA) is 46.1 Å². The van der Waals surface area contributed by atoms with Crippen LogP contribution in [0.15, 0.2) is 5.16 Å². The summed E-state index contributed by atoms with van der Waals surface area (Å²) in [4.78, 5) is 8.05. The van der Waals surface area contributed by atoms with E-state index in [4.69, 9.17) is 9.57 Å². The van der Waals surface area contributed by atoms with E-state index in [1.54, 1.807) is 0 Å². The van der Waals surface area contributed by atoms with Gasteiger partial charge in [-0.25, -0.2) is 0 Å². The highest BCUT2D eigenvalue weighted by atomic mass is 16.7. The molecule has 3 aliphatic heterocycles. The second kappa shape index (κ2) is 7.18. The zero-order valence-electron chi connectivity index (χ0n) is 14.1. The highest BCUT2D eigenvalue weighted by Crippen LogP contribution is 2.36. The number of rotatable bonds is 4. The molecule has 0 aromatic rings. The Bertz CT molecular complexity index is 385. The number of hydrogen-bond donors (Lipinski definition) is 1. The molecule has 2 saturated heterocycles. The normalized spacial score (nSPS) is 28.6. The molecule has 22 heavy (non-hydrogen) atoms. The summed E-state index contributed by atoms with van der Waals surface area (Å²) in [5.74, 6) is 1.43. The number of likely N-dealkylation sites (tertiary alicyclic amines) is 1. The first-order valence-electron chi connectivity index (χ1n) is 8.96. The minimum atomic E-state index is -0.0390. The highest BCUT2D eigenvalue weighted by Gasteiger charge is 2.40. The predicted octanol–water partition coefficient (Wildman–Crippen LogP) is 2.23. The Morgan fingerprint density at radius 2 is 1.91 bits per heavy atom. The van der Waals surface area contributed by atoms with E-state index in [2.05, 4.69) is 29.2 Å². The van der Waals surface area contributed by atoms with Gasteiger partial charge in [0.2, 0.25) is 5.90 Å². The summed E-state index contributed by atoms with van der Waals surface area (Å²) in [7, 11) is 0. The average molecular weight is 309 g/mol. The molecule has 5 heteroatoms. The standard InChI is InChI=1S/C17H31N3O2/c1-17(2,14-6-8-18-9-7-14)16-19-21-13-15(22-16)12-20-10-4-3-5-11-20/h14-15,18H,3-13H2,1-2H3. The Kier molecular flexibility index (Phi) is 5.24. The molecule has 0 radical (unpaired) electrons. The lowest BCUT2D eigenvalue weighted by Crippen LogP contribution is -2.47. The quantitative estimate of drug-likeness (QED) is 0.865. The lowest BCUT2D eigenvalue weighted by molar-refractivity contribution is -0.0247. The van der Waals surface area contributed by atoms with E-state index in [0.717, 1.165) is 25.5 Å². The van der Waals surface area contributed by atoms with Crippen molar-refractivity contribution in [1.82, 2.24) is 10.2 Å². The van der Waals surface area contributed by atoms with Gasteiger partial charge in [-0.1, -0.05) is 25.4 Å². The zero-order valence-corrected chi connectivity index (χ0v) is 14.1. The van der Waals surface area contributed by atoms with Crippen LogP contribution in [0.25, 0.3) is 0 Å². The SMILES string of the molecule is CC(C)(C1=NOCC(CN2CCCCC2)O1)C1CCNCC1. The van der Waals surface area contributed by atoms with Crippen LogP contribution in [0, 0.1) is 11.3 Å². The molecule has 1 N–H and O–H groups in total. The molecule has 0 bridgehead atoms. The summed E-state index contributed by atoms with van der Waals surface area (Å²) in [6.45, 7) is 10.7. The summed E-state index contributed by atoms with van der Waals surface area (Å²) >= 11 is 0. The molecule has 0 saturated carbocycles. The molecule has 3 rings (SSSR count). The fourth-order valence-corrected chi connectivity index (χ4v) is 3.90. The van der Waals surface area contributed by atoms with Crippen LogP contribution in [-0.2, 0) is 9.57 Å². The maximum Gasteiger partial charge on any atom is 0.232 e. The second-order valence-electron chi connectivity index (χ2n) is 7.54. The van der Waals surface area contributed by atoms with Crippen LogP contribution < -0.4 is 5.32 Å². The summed E-state index contributed by atoms with van der Waals surface area (Å²) in [6.07, 6.45) is 6.50. The van der Waals surface area contributed by atoms with Crippen LogP contribution in [0.2, 0.25) is 0 Å². The zero-order chi connectivity index (χ0) is 15.4. The number of nitrogens with one attached hydrogen (secondary N) is 1. The lowest BCUT2D eigenvalue weighted by Gasteiger charge is -2.40. The van der Waals surface area contributed by atoms with E-state index >= 15 is 0 Å². The molecule has 2 fully saturated rings. The Labute approximate surface area is 134 Å². The van der Waals surface area contributed by atoms with Gasteiger partial charge in [-0.2, -0.15) is 0 Å². The first-order valence-corrected chi connectivity index (χ1v) is 8.96. The van der Waals surface area contributed by atoms with Crippen molar-refractivity contribution in [3.8, 4) is 0 Å². The van der Waals surface area contributed by atoms with Crippen molar-refractivity contribution in [3.05, 3.63) is 0 Å². The fraction of sp³-hybridized carbons (Fsp3) is 0.941. The number of ether oxygens (including phenoxy) is 1. The van der Waals surface area contributed by atoms with Crippen LogP contribution in [0.5, 0.6) is 0 Å². The third-order valence-electron chi connectivity index (χ3n) is 5.51. The summed E-state index contributed by atoms with van der Waals surface area (Å²) in [5.41, 5.74) is -0.0390. The van der Waals surface area contributed by atoms with E-state index in [0.29, 0.717) is 12.5 Å². The fourth-order valence-electron chi connectivity index (χ4n) is 3.90. The number of nitrogens with zero attached hydrogens (tertiary/aromatic N) is 2. The molecule has 5 nitrogen and oxygen atoms in total. The van der Waals surface area contributed by atoms with Crippen molar-refractivity contribution in [1.29, 1.82) is 0 Å². The van der Waals surface area contributed by atoms with Crippen LogP contribution in [-0.4, -0.2) is 56.2 Å². The van der Waals surface area contributed by atoms with Gasteiger partial charge in [0, 0.05) is 12.0 Å². The molecule has 1 unspecified atom stereocenters. The van der Waals surface area contributed by atoms with E-state index < -0.39 is 0 Å². The average Bonchev–Trinajstić information content (AvgIpc) is 2.57. The van der Waals surface area contributed by atoms with Crippen molar-refractivity contribution in [2.45, 2.75) is 52.1 Å². The van der Waals surface area contributed by atoms with Gasteiger partial charge in [-0.05, 0) is 57.8 Å². The minimum Gasteiger partial charge on any atom is -0.470 e. The maximum atomic E-state index is 6.27. The molecule has 3 aliphatic rings. The molecular weight excluding hydrogens is 278 g/mol. The Balaban J connectivity index is 1.57. The molecule has 3 heterocycles. The van der Waals surface area contributed by atoms with Crippen LogP contribution in [0.4, 0.5) is 0 Å². The van der Waals surface area contributed by atoms with Crippen LogP contribution >= 0.6 is 0 Å². The van der Waals surface area contributed by atoms with Gasteiger partial charge in [-0.15, -0.1) is 0 Å². The number of oxime groups is 1. The lowest BCUT2D eigenvalue weighted by atomic mass is 9.73. The van der Waals surface area contributed by atoms with Crippen molar-refractivity contribution in [2.24, 2.45) is 16.5 Å². The molecule has 126 valence electrons. The molecule has 0 aliphatic carbocycles. The monoisotopic (exact) mass is 309 g/mol. The molecule has 0 amide bonds. The number of hydrogen-bond acceptors (Lipinski definition) is 5. The summed E-state index contributed by atoms with van der Waals surface area (Å²) in [6, 6.07) is 0. The Morgan fingerprint density at radius 3 is 2.64 bits per heavy atom. The van der Waals surface area contributed by atoms with Gasteiger partial charge >= 0.3 is 0 Å². The third kappa shape index (κ3) is 3.74. The van der Waals surface area contributed by atoms with Gasteiger partial charge in [0.25, 0.3) is 0 Å². The first-order chi connectivity index (χ1) is 10.7. The van der Waals surface area contributed by atoms with Gasteiger partial charge in [-0.3, -0.25) is 4.90 Å². The first kappa shape index (κ1) is 16.1. The van der Waals surface area contributed by atoms with E-state index in [1.807, 2.05) is 0 Å². The van der Waals surface area contributed by atoms with E-state index in [9.17, 15) is 0 Å². The number of piperidine rings is 2. The van der Waals surface area contributed by atoms with Gasteiger partial charge in [0.15, 0.2) is 6.61 Å². The minimum absolute atomic E-state index is 0.0390. The molecular formula is C17H31N3O2. The van der Waals surface area contributed by atoms with Gasteiger partial charge in [0.1, 0.15) is 6.10 Å². The van der Waals surface area contributed by atoms with Gasteiger partial charge < -0.3 is 14.9 Å². The summed E-state index contributed by atoms with van der Waals surface area (Å²) < 4.78 is 6.27. The van der Waals surface area contributed by atoms with Crippen molar-refractivity contribution < 1.29 is 9.57 Å². The molecule has 0 aromatic heterocycles. The van der Waals surface area contributed by atoms with Crippen LogP contribution in [0.3, 0.4) is 0 Å². The Morgan fingerprint density at radius 1 is 1.18 bits per heavy atom. The smallest absolute Gasteiger partial charge is 0.232 e. The van der Waals surface area contributed by atoms with E-state index in [-0.39, 0.29) is 11.5 Å². The molecule has 0 spiro atoms. The van der Waals surface area contributed by atoms with Crippen molar-refractivity contribution in [2.75, 3.05) is 39.3 Å². The molecule has 0 aromatic carbocycles. The highest BCUT2D eigenvalue weighted by molar-refractivity contribution is 5.82. The molecule has 1 atom stereocenters. The third-order valence-corrected chi connectivity index (χ3v) is 5.51.